The Bertz CT molecular complexity index is 323. The Morgan fingerprint density at radius 2 is 2.00 bits per heavy atom. The zero-order valence-corrected chi connectivity index (χ0v) is 12.2. The fourth-order valence-electron chi connectivity index (χ4n) is 1.51. The van der Waals surface area contributed by atoms with Crippen LogP contribution in [-0.4, -0.2) is 29.8 Å². The zero-order chi connectivity index (χ0) is 15.1. The van der Waals surface area contributed by atoms with Gasteiger partial charge < -0.3 is 15.2 Å². The van der Waals surface area contributed by atoms with Gasteiger partial charge in [-0.3, -0.25) is 0 Å². The maximum atomic E-state index is 11.6. The molecule has 0 aromatic rings. The van der Waals surface area contributed by atoms with E-state index in [9.17, 15) is 9.59 Å². The number of aliphatic carboxylic acids is 1. The summed E-state index contributed by atoms with van der Waals surface area (Å²) >= 11 is 0. The molecule has 0 rings (SSSR count). The lowest BCUT2D eigenvalue weighted by atomic mass is 9.89. The molecular formula is C14H25NO4. The Kier molecular flexibility index (Phi) is 7.19. The average molecular weight is 271 g/mol. The average Bonchev–Trinajstić information content (AvgIpc) is 2.30. The van der Waals surface area contributed by atoms with E-state index < -0.39 is 18.1 Å². The highest BCUT2D eigenvalue weighted by atomic mass is 16.5. The smallest absolute Gasteiger partial charge is 0.407 e. The fraction of sp³-hybridized carbons (Fsp3) is 0.714. The number of carboxylic acid groups (broad SMARTS) is 1. The first-order chi connectivity index (χ1) is 8.69. The minimum Gasteiger partial charge on any atom is -0.480 e. The maximum Gasteiger partial charge on any atom is 0.407 e. The van der Waals surface area contributed by atoms with Crippen molar-refractivity contribution in [1.29, 1.82) is 0 Å². The molecule has 0 spiro atoms. The molecule has 0 heterocycles. The van der Waals surface area contributed by atoms with E-state index >= 15 is 0 Å². The number of carboxylic acids is 1. The lowest BCUT2D eigenvalue weighted by Gasteiger charge is -2.24. The summed E-state index contributed by atoms with van der Waals surface area (Å²) in [5.41, 5.74) is -0.151. The van der Waals surface area contributed by atoms with Crippen LogP contribution in [0.15, 0.2) is 12.7 Å². The monoisotopic (exact) mass is 271 g/mol. The molecule has 0 aliphatic carbocycles. The minimum atomic E-state index is -1.06. The quantitative estimate of drug-likeness (QED) is 0.666. The number of hydrogen-bond acceptors (Lipinski definition) is 3. The van der Waals surface area contributed by atoms with E-state index in [2.05, 4.69) is 11.9 Å². The van der Waals surface area contributed by atoms with Gasteiger partial charge in [0.2, 0.25) is 0 Å². The van der Waals surface area contributed by atoms with Gasteiger partial charge in [0.1, 0.15) is 6.04 Å². The van der Waals surface area contributed by atoms with Gasteiger partial charge >= 0.3 is 12.1 Å². The summed E-state index contributed by atoms with van der Waals surface area (Å²) in [6.45, 7) is 11.3. The van der Waals surface area contributed by atoms with Crippen molar-refractivity contribution in [3.8, 4) is 0 Å². The Morgan fingerprint density at radius 1 is 1.42 bits per heavy atom. The first-order valence-electron chi connectivity index (χ1n) is 6.46. The third-order valence-electron chi connectivity index (χ3n) is 2.83. The maximum absolute atomic E-state index is 11.6. The molecule has 0 fully saturated rings. The number of ether oxygens (including phenoxy) is 1. The molecule has 1 amide bonds. The summed E-state index contributed by atoms with van der Waals surface area (Å²) in [5, 5.41) is 11.3. The molecule has 0 saturated carbocycles. The lowest BCUT2D eigenvalue weighted by molar-refractivity contribution is -0.140. The topological polar surface area (TPSA) is 75.6 Å². The molecule has 0 aromatic heterocycles. The van der Waals surface area contributed by atoms with Gasteiger partial charge in [-0.25, -0.2) is 9.59 Å². The van der Waals surface area contributed by atoms with E-state index in [1.807, 2.05) is 19.9 Å². The van der Waals surface area contributed by atoms with Crippen LogP contribution in [-0.2, 0) is 9.53 Å². The number of hydrogen-bond donors (Lipinski definition) is 2. The molecule has 5 nitrogen and oxygen atoms in total. The number of carbonyl (C=O) groups is 2. The van der Waals surface area contributed by atoms with Crippen molar-refractivity contribution in [2.75, 3.05) is 6.61 Å². The first kappa shape index (κ1) is 17.5. The van der Waals surface area contributed by atoms with E-state index in [-0.39, 0.29) is 17.9 Å². The third-order valence-corrected chi connectivity index (χ3v) is 2.83. The first-order valence-corrected chi connectivity index (χ1v) is 6.46. The highest BCUT2D eigenvalue weighted by Crippen LogP contribution is 2.22. The summed E-state index contributed by atoms with van der Waals surface area (Å²) < 4.78 is 5.09. The molecular weight excluding hydrogens is 246 g/mol. The van der Waals surface area contributed by atoms with Crippen molar-refractivity contribution >= 4 is 12.1 Å². The van der Waals surface area contributed by atoms with Gasteiger partial charge in [-0.2, -0.15) is 0 Å². The lowest BCUT2D eigenvalue weighted by Crippen LogP contribution is -2.45. The molecule has 110 valence electrons. The summed E-state index contributed by atoms with van der Waals surface area (Å²) in [6.07, 6.45) is 2.84. The Morgan fingerprint density at radius 3 is 2.42 bits per heavy atom. The number of rotatable bonds is 8. The number of alkyl carbamates (subject to hydrolysis) is 1. The van der Waals surface area contributed by atoms with Crippen molar-refractivity contribution in [2.24, 2.45) is 11.3 Å². The van der Waals surface area contributed by atoms with Crippen LogP contribution in [0.1, 0.15) is 40.5 Å². The summed E-state index contributed by atoms with van der Waals surface area (Å²) in [4.78, 5) is 22.5. The fourth-order valence-corrected chi connectivity index (χ4v) is 1.51. The van der Waals surface area contributed by atoms with Crippen LogP contribution in [0.4, 0.5) is 4.79 Å². The van der Waals surface area contributed by atoms with Gasteiger partial charge in [0.05, 0.1) is 6.61 Å². The van der Waals surface area contributed by atoms with Gasteiger partial charge in [-0.05, 0) is 24.2 Å². The van der Waals surface area contributed by atoms with Crippen molar-refractivity contribution in [3.05, 3.63) is 12.7 Å². The van der Waals surface area contributed by atoms with Crippen LogP contribution in [0, 0.1) is 11.3 Å². The molecule has 2 N–H and O–H groups in total. The van der Waals surface area contributed by atoms with Gasteiger partial charge in [0, 0.05) is 0 Å². The van der Waals surface area contributed by atoms with Gasteiger partial charge in [0.15, 0.2) is 0 Å². The van der Waals surface area contributed by atoms with Crippen molar-refractivity contribution in [3.63, 3.8) is 0 Å². The molecule has 0 unspecified atom stereocenters. The number of carbonyl (C=O) groups excluding carboxylic acids is 1. The van der Waals surface area contributed by atoms with E-state index in [0.717, 1.165) is 12.8 Å². The van der Waals surface area contributed by atoms with Gasteiger partial charge in [-0.15, -0.1) is 6.58 Å². The molecule has 0 radical (unpaired) electrons. The van der Waals surface area contributed by atoms with Crippen LogP contribution in [0.5, 0.6) is 0 Å². The number of allylic oxidation sites excluding steroid dienone is 1. The second kappa shape index (κ2) is 7.81. The summed E-state index contributed by atoms with van der Waals surface area (Å²) in [6, 6.07) is -0.927. The van der Waals surface area contributed by atoms with Crippen molar-refractivity contribution < 1.29 is 19.4 Å². The molecule has 0 saturated heterocycles. The Hall–Kier alpha value is -1.52. The summed E-state index contributed by atoms with van der Waals surface area (Å²) in [7, 11) is 0. The van der Waals surface area contributed by atoms with E-state index in [0.29, 0.717) is 0 Å². The van der Waals surface area contributed by atoms with Crippen LogP contribution in [0.3, 0.4) is 0 Å². The highest BCUT2D eigenvalue weighted by Gasteiger charge is 2.25. The second-order valence-electron chi connectivity index (χ2n) is 5.77. The molecule has 0 aliphatic heterocycles. The minimum absolute atomic E-state index is 0.151. The van der Waals surface area contributed by atoms with Gasteiger partial charge in [-0.1, -0.05) is 33.8 Å². The van der Waals surface area contributed by atoms with Crippen LogP contribution < -0.4 is 5.32 Å². The predicted octanol–water partition coefficient (Wildman–Crippen LogP) is 2.81. The van der Waals surface area contributed by atoms with Crippen LogP contribution in [0.25, 0.3) is 0 Å². The Balaban J connectivity index is 4.24. The second-order valence-corrected chi connectivity index (χ2v) is 5.77. The third kappa shape index (κ3) is 7.49. The van der Waals surface area contributed by atoms with E-state index in [1.54, 1.807) is 13.8 Å². The van der Waals surface area contributed by atoms with Crippen molar-refractivity contribution in [2.45, 2.75) is 46.6 Å². The summed E-state index contributed by atoms with van der Waals surface area (Å²) in [5.74, 6) is -1.25. The largest absolute Gasteiger partial charge is 0.480 e. The highest BCUT2D eigenvalue weighted by molar-refractivity contribution is 5.80. The molecule has 1 atom stereocenters. The SMILES string of the molecule is C=CCCC(C)(C)COC(=O)N[C@H](C(=O)O)C(C)C. The standard InChI is InChI=1S/C14H25NO4/c1-6-7-8-14(4,5)9-19-13(18)15-11(10(2)3)12(16)17/h6,10-11H,1,7-9H2,2-5H3,(H,15,18)(H,16,17)/t11-/m0/s1. The zero-order valence-electron chi connectivity index (χ0n) is 12.2. The van der Waals surface area contributed by atoms with Crippen LogP contribution >= 0.6 is 0 Å². The van der Waals surface area contributed by atoms with Crippen LogP contribution in [0.2, 0.25) is 0 Å². The Labute approximate surface area is 115 Å². The van der Waals surface area contributed by atoms with Crippen molar-refractivity contribution in [1.82, 2.24) is 5.32 Å². The molecule has 0 bridgehead atoms. The molecule has 0 aliphatic rings. The predicted molar refractivity (Wildman–Crippen MR) is 74.0 cm³/mol. The number of nitrogens with one attached hydrogen (secondary N) is 1. The van der Waals surface area contributed by atoms with E-state index in [1.165, 1.54) is 0 Å². The molecule has 0 aromatic carbocycles. The number of amides is 1. The molecule has 19 heavy (non-hydrogen) atoms. The molecule has 5 heteroatoms. The normalized spacial score (nSPS) is 12.9. The van der Waals surface area contributed by atoms with Gasteiger partial charge in [0.25, 0.3) is 0 Å². The van der Waals surface area contributed by atoms with E-state index in [4.69, 9.17) is 9.84 Å².